The Morgan fingerprint density at radius 3 is 2.58 bits per heavy atom. The van der Waals surface area contributed by atoms with Crippen LogP contribution in [0.1, 0.15) is 27.7 Å². The molecule has 0 aliphatic carbocycles. The van der Waals surface area contributed by atoms with Gasteiger partial charge in [-0.1, -0.05) is 35.9 Å². The van der Waals surface area contributed by atoms with Gasteiger partial charge in [0.15, 0.2) is 0 Å². The van der Waals surface area contributed by atoms with E-state index in [4.69, 9.17) is 16.3 Å². The number of benzene rings is 2. The van der Waals surface area contributed by atoms with Crippen molar-refractivity contribution in [2.45, 2.75) is 12.6 Å². The Labute approximate surface area is 157 Å². The number of ether oxygens (including phenoxy) is 1. The standard InChI is InChI=1S/C21H19ClN2O2/c1-26-19-7-3-2-5-17(19)21(25)24-14-13-23-12-4-6-18(23)20(24)15-8-10-16(22)11-9-15/h2-12,20H,13-14H2,1H3. The molecule has 3 aromatic rings. The highest BCUT2D eigenvalue weighted by Gasteiger charge is 2.33. The lowest BCUT2D eigenvalue weighted by Crippen LogP contribution is -2.42. The zero-order valence-corrected chi connectivity index (χ0v) is 15.2. The van der Waals surface area contributed by atoms with Crippen molar-refractivity contribution in [2.24, 2.45) is 0 Å². The van der Waals surface area contributed by atoms with E-state index in [0.717, 1.165) is 17.8 Å². The normalized spacial score (nSPS) is 16.2. The summed E-state index contributed by atoms with van der Waals surface area (Å²) in [5.41, 5.74) is 2.72. The van der Waals surface area contributed by atoms with E-state index in [1.165, 1.54) is 0 Å². The maximum absolute atomic E-state index is 13.4. The summed E-state index contributed by atoms with van der Waals surface area (Å²) in [5, 5.41) is 0.683. The summed E-state index contributed by atoms with van der Waals surface area (Å²) < 4.78 is 7.60. The first-order valence-corrected chi connectivity index (χ1v) is 8.91. The predicted octanol–water partition coefficient (Wildman–Crippen LogP) is 4.40. The lowest BCUT2D eigenvalue weighted by Gasteiger charge is -2.37. The van der Waals surface area contributed by atoms with Crippen molar-refractivity contribution in [1.82, 2.24) is 9.47 Å². The van der Waals surface area contributed by atoms with Crippen LogP contribution in [0.25, 0.3) is 0 Å². The zero-order chi connectivity index (χ0) is 18.1. The zero-order valence-electron chi connectivity index (χ0n) is 14.4. The summed E-state index contributed by atoms with van der Waals surface area (Å²) in [7, 11) is 1.59. The van der Waals surface area contributed by atoms with Crippen molar-refractivity contribution in [3.8, 4) is 5.75 Å². The predicted molar refractivity (Wildman–Crippen MR) is 102 cm³/mol. The largest absolute Gasteiger partial charge is 0.496 e. The van der Waals surface area contributed by atoms with Crippen molar-refractivity contribution in [3.63, 3.8) is 0 Å². The highest BCUT2D eigenvalue weighted by molar-refractivity contribution is 6.30. The molecule has 1 atom stereocenters. The molecule has 1 aliphatic rings. The Morgan fingerprint density at radius 1 is 1.04 bits per heavy atom. The van der Waals surface area contributed by atoms with Crippen LogP contribution in [0.15, 0.2) is 66.9 Å². The first-order valence-electron chi connectivity index (χ1n) is 8.53. The number of halogens is 1. The maximum Gasteiger partial charge on any atom is 0.258 e. The Kier molecular flexibility index (Phi) is 4.43. The fraction of sp³-hybridized carbons (Fsp3) is 0.190. The molecule has 0 N–H and O–H groups in total. The molecule has 1 unspecified atom stereocenters. The number of nitrogens with zero attached hydrogens (tertiary/aromatic N) is 2. The molecule has 4 nitrogen and oxygen atoms in total. The van der Waals surface area contributed by atoms with Crippen LogP contribution in [0.5, 0.6) is 5.75 Å². The molecule has 5 heteroatoms. The first kappa shape index (κ1) is 16.7. The molecule has 1 aliphatic heterocycles. The van der Waals surface area contributed by atoms with Crippen molar-refractivity contribution in [1.29, 1.82) is 0 Å². The number of para-hydroxylation sites is 1. The van der Waals surface area contributed by atoms with Crippen molar-refractivity contribution in [2.75, 3.05) is 13.7 Å². The van der Waals surface area contributed by atoms with E-state index in [1.807, 2.05) is 59.5 Å². The molecular weight excluding hydrogens is 348 g/mol. The number of rotatable bonds is 3. The molecule has 4 rings (SSSR count). The third kappa shape index (κ3) is 2.86. The topological polar surface area (TPSA) is 34.5 Å². The monoisotopic (exact) mass is 366 g/mol. The molecule has 0 radical (unpaired) electrons. The van der Waals surface area contributed by atoms with Gasteiger partial charge >= 0.3 is 0 Å². The molecule has 132 valence electrons. The second-order valence-corrected chi connectivity index (χ2v) is 6.72. The number of hydrogen-bond donors (Lipinski definition) is 0. The second kappa shape index (κ2) is 6.89. The molecular formula is C21H19ClN2O2. The van der Waals surface area contributed by atoms with E-state index in [-0.39, 0.29) is 11.9 Å². The van der Waals surface area contributed by atoms with Gasteiger partial charge in [-0.3, -0.25) is 4.79 Å². The van der Waals surface area contributed by atoms with Gasteiger partial charge in [0.05, 0.1) is 18.7 Å². The Balaban J connectivity index is 1.79. The van der Waals surface area contributed by atoms with Gasteiger partial charge in [0.25, 0.3) is 5.91 Å². The van der Waals surface area contributed by atoms with E-state index in [1.54, 1.807) is 7.11 Å². The van der Waals surface area contributed by atoms with Crippen LogP contribution in [-0.2, 0) is 6.54 Å². The fourth-order valence-corrected chi connectivity index (χ4v) is 3.70. The molecule has 2 aromatic carbocycles. The lowest BCUT2D eigenvalue weighted by atomic mass is 9.98. The van der Waals surface area contributed by atoms with Gasteiger partial charge in [-0.05, 0) is 42.0 Å². The number of hydrogen-bond acceptors (Lipinski definition) is 2. The summed E-state index contributed by atoms with van der Waals surface area (Å²) in [6.45, 7) is 1.40. The molecule has 2 heterocycles. The van der Waals surface area contributed by atoms with Gasteiger partial charge in [-0.25, -0.2) is 0 Å². The molecule has 1 amide bonds. The quantitative estimate of drug-likeness (QED) is 0.688. The summed E-state index contributed by atoms with van der Waals surface area (Å²) in [4.78, 5) is 15.3. The van der Waals surface area contributed by atoms with E-state index in [0.29, 0.717) is 22.9 Å². The molecule has 1 aromatic heterocycles. The van der Waals surface area contributed by atoms with Gasteiger partial charge in [-0.2, -0.15) is 0 Å². The lowest BCUT2D eigenvalue weighted by molar-refractivity contribution is 0.0660. The molecule has 0 bridgehead atoms. The van der Waals surface area contributed by atoms with E-state index in [2.05, 4.69) is 16.8 Å². The van der Waals surface area contributed by atoms with Crippen molar-refractivity contribution < 1.29 is 9.53 Å². The van der Waals surface area contributed by atoms with Crippen molar-refractivity contribution in [3.05, 3.63) is 88.7 Å². The number of aromatic nitrogens is 1. The van der Waals surface area contributed by atoms with Gasteiger partial charge < -0.3 is 14.2 Å². The Morgan fingerprint density at radius 2 is 1.81 bits per heavy atom. The highest BCUT2D eigenvalue weighted by Crippen LogP contribution is 2.35. The van der Waals surface area contributed by atoms with Gasteiger partial charge in [0.1, 0.15) is 5.75 Å². The van der Waals surface area contributed by atoms with Gasteiger partial charge in [0.2, 0.25) is 0 Å². The minimum Gasteiger partial charge on any atom is -0.496 e. The van der Waals surface area contributed by atoms with Crippen LogP contribution < -0.4 is 4.74 Å². The van der Waals surface area contributed by atoms with E-state index in [9.17, 15) is 4.79 Å². The SMILES string of the molecule is COc1ccccc1C(=O)N1CCn2cccc2C1c1ccc(Cl)cc1. The average Bonchev–Trinajstić information content (AvgIpc) is 3.16. The average molecular weight is 367 g/mol. The third-order valence-electron chi connectivity index (χ3n) is 4.82. The summed E-state index contributed by atoms with van der Waals surface area (Å²) >= 11 is 6.06. The molecule has 0 saturated carbocycles. The number of amides is 1. The summed E-state index contributed by atoms with van der Waals surface area (Å²) in [5.74, 6) is 0.558. The number of carbonyl (C=O) groups excluding carboxylic acids is 1. The molecule has 0 saturated heterocycles. The minimum absolute atomic E-state index is 0.0325. The highest BCUT2D eigenvalue weighted by atomic mass is 35.5. The first-order chi connectivity index (χ1) is 12.7. The van der Waals surface area contributed by atoms with Crippen LogP contribution >= 0.6 is 11.6 Å². The van der Waals surface area contributed by atoms with E-state index < -0.39 is 0 Å². The minimum atomic E-state index is -0.159. The molecule has 0 fully saturated rings. The van der Waals surface area contributed by atoms with Crippen LogP contribution in [0, 0.1) is 0 Å². The van der Waals surface area contributed by atoms with Crippen molar-refractivity contribution >= 4 is 17.5 Å². The van der Waals surface area contributed by atoms with Crippen LogP contribution in [0.2, 0.25) is 5.02 Å². The number of methoxy groups -OCH3 is 1. The Bertz CT molecular complexity index is 933. The fourth-order valence-electron chi connectivity index (χ4n) is 3.57. The smallest absolute Gasteiger partial charge is 0.258 e. The van der Waals surface area contributed by atoms with Gasteiger partial charge in [0, 0.05) is 30.0 Å². The molecule has 26 heavy (non-hydrogen) atoms. The van der Waals surface area contributed by atoms with E-state index >= 15 is 0 Å². The summed E-state index contributed by atoms with van der Waals surface area (Å²) in [6.07, 6.45) is 2.06. The van der Waals surface area contributed by atoms with Gasteiger partial charge in [-0.15, -0.1) is 0 Å². The number of fused-ring (bicyclic) bond motifs is 1. The van der Waals surface area contributed by atoms with Crippen LogP contribution in [-0.4, -0.2) is 29.0 Å². The van der Waals surface area contributed by atoms with Crippen LogP contribution in [0.3, 0.4) is 0 Å². The number of carbonyl (C=O) groups is 1. The molecule has 0 spiro atoms. The maximum atomic E-state index is 13.4. The van der Waals surface area contributed by atoms with Crippen LogP contribution in [0.4, 0.5) is 0 Å². The summed E-state index contributed by atoms with van der Waals surface area (Å²) in [6, 6.07) is 19.0. The second-order valence-electron chi connectivity index (χ2n) is 6.28. The third-order valence-corrected chi connectivity index (χ3v) is 5.07. The Hall–Kier alpha value is -2.72.